The summed E-state index contributed by atoms with van der Waals surface area (Å²) in [5.41, 5.74) is 1.03. The molecule has 1 atom stereocenters. The molecule has 1 aromatic carbocycles. The fraction of sp³-hybridized carbons (Fsp3) is 0.529. The Morgan fingerprint density at radius 2 is 1.83 bits per heavy atom. The average molecular weight is 319 g/mol. The van der Waals surface area contributed by atoms with Crippen LogP contribution in [0, 0.1) is 5.92 Å². The van der Waals surface area contributed by atoms with E-state index in [2.05, 4.69) is 4.90 Å². The normalized spacial score (nSPS) is 16.1. The third kappa shape index (κ3) is 4.61. The van der Waals surface area contributed by atoms with E-state index in [-0.39, 0.29) is 24.7 Å². The lowest BCUT2D eigenvalue weighted by Gasteiger charge is -2.37. The van der Waals surface area contributed by atoms with Gasteiger partial charge in [-0.1, -0.05) is 19.1 Å². The molecule has 6 nitrogen and oxygen atoms in total. The molecule has 1 saturated heterocycles. The molecule has 2 rings (SSSR count). The fourth-order valence-corrected chi connectivity index (χ4v) is 2.87. The Morgan fingerprint density at radius 1 is 1.17 bits per heavy atom. The van der Waals surface area contributed by atoms with Gasteiger partial charge in [0.1, 0.15) is 5.75 Å². The number of piperazine rings is 1. The zero-order valence-electron chi connectivity index (χ0n) is 13.7. The van der Waals surface area contributed by atoms with Crippen molar-refractivity contribution in [2.75, 3.05) is 38.2 Å². The van der Waals surface area contributed by atoms with Gasteiger partial charge >= 0.3 is 0 Å². The number of anilines is 1. The number of carbonyl (C=O) groups excluding carboxylic acids is 2. The number of aliphatic carboxylic acids is 1. The quantitative estimate of drug-likeness (QED) is 0.764. The van der Waals surface area contributed by atoms with Crippen LogP contribution in [0.1, 0.15) is 19.8 Å². The van der Waals surface area contributed by atoms with Gasteiger partial charge in [0.2, 0.25) is 5.91 Å². The van der Waals surface area contributed by atoms with E-state index >= 15 is 0 Å². The number of carboxylic acids is 1. The lowest BCUT2D eigenvalue weighted by Crippen LogP contribution is -2.49. The van der Waals surface area contributed by atoms with Gasteiger partial charge in [-0.15, -0.1) is 0 Å². The highest BCUT2D eigenvalue weighted by Crippen LogP contribution is 2.28. The van der Waals surface area contributed by atoms with Crippen molar-refractivity contribution in [3.63, 3.8) is 0 Å². The first-order valence-electron chi connectivity index (χ1n) is 7.87. The van der Waals surface area contributed by atoms with Crippen LogP contribution in [0.2, 0.25) is 0 Å². The number of hydrogen-bond acceptors (Lipinski definition) is 5. The predicted molar refractivity (Wildman–Crippen MR) is 85.2 cm³/mol. The summed E-state index contributed by atoms with van der Waals surface area (Å²) >= 11 is 0. The number of methoxy groups -OCH3 is 1. The molecular formula is C17H23N2O4-. The number of amides is 1. The number of carboxylic acid groups (broad SMARTS) is 1. The maximum Gasteiger partial charge on any atom is 0.222 e. The Balaban J connectivity index is 1.88. The maximum absolute atomic E-state index is 12.2. The van der Waals surface area contributed by atoms with Crippen molar-refractivity contribution in [2.45, 2.75) is 19.8 Å². The first-order valence-corrected chi connectivity index (χ1v) is 7.87. The van der Waals surface area contributed by atoms with Crippen LogP contribution < -0.4 is 14.7 Å². The lowest BCUT2D eigenvalue weighted by molar-refractivity contribution is -0.306. The van der Waals surface area contributed by atoms with Crippen LogP contribution in [-0.4, -0.2) is 50.1 Å². The molecule has 1 heterocycles. The Bertz CT molecular complexity index is 553. The standard InChI is InChI=1S/C17H24N2O4/c1-13(12-17(21)22)11-16(20)19-9-7-18(8-10-19)14-5-3-4-6-15(14)23-2/h3-6,13H,7-12H2,1-2H3,(H,21,22)/p-1/t13-/m0/s1. The second-order valence-electron chi connectivity index (χ2n) is 5.93. The largest absolute Gasteiger partial charge is 0.550 e. The molecule has 0 N–H and O–H groups in total. The van der Waals surface area contributed by atoms with Crippen LogP contribution in [-0.2, 0) is 9.59 Å². The SMILES string of the molecule is COc1ccccc1N1CCN(C(=O)C[C@H](C)CC(=O)[O-])CC1. The molecule has 0 bridgehead atoms. The van der Waals surface area contributed by atoms with E-state index in [1.807, 2.05) is 24.3 Å². The highest BCUT2D eigenvalue weighted by atomic mass is 16.5. The summed E-state index contributed by atoms with van der Waals surface area (Å²) < 4.78 is 5.38. The molecule has 0 aliphatic carbocycles. The molecule has 0 radical (unpaired) electrons. The molecular weight excluding hydrogens is 296 g/mol. The smallest absolute Gasteiger partial charge is 0.222 e. The molecule has 1 amide bonds. The molecule has 1 aromatic rings. The van der Waals surface area contributed by atoms with E-state index in [0.717, 1.165) is 24.5 Å². The van der Waals surface area contributed by atoms with Gasteiger partial charge < -0.3 is 24.4 Å². The van der Waals surface area contributed by atoms with Gasteiger partial charge in [0.15, 0.2) is 0 Å². The average Bonchev–Trinajstić information content (AvgIpc) is 2.54. The van der Waals surface area contributed by atoms with E-state index in [9.17, 15) is 14.7 Å². The summed E-state index contributed by atoms with van der Waals surface area (Å²) in [6.07, 6.45) is 0.176. The predicted octanol–water partition coefficient (Wildman–Crippen LogP) is 0.510. The fourth-order valence-electron chi connectivity index (χ4n) is 2.87. The minimum absolute atomic E-state index is 0.0124. The van der Waals surface area contributed by atoms with Gasteiger partial charge in [-0.25, -0.2) is 0 Å². The first kappa shape index (κ1) is 17.1. The number of benzene rings is 1. The van der Waals surface area contributed by atoms with Gasteiger partial charge in [-0.2, -0.15) is 0 Å². The summed E-state index contributed by atoms with van der Waals surface area (Å²) in [7, 11) is 1.65. The highest BCUT2D eigenvalue weighted by Gasteiger charge is 2.23. The molecule has 1 fully saturated rings. The summed E-state index contributed by atoms with van der Waals surface area (Å²) in [5, 5.41) is 10.6. The molecule has 23 heavy (non-hydrogen) atoms. The zero-order chi connectivity index (χ0) is 16.8. The van der Waals surface area contributed by atoms with Crippen LogP contribution in [0.3, 0.4) is 0 Å². The van der Waals surface area contributed by atoms with Crippen molar-refractivity contribution in [3.8, 4) is 5.75 Å². The summed E-state index contributed by atoms with van der Waals surface area (Å²) in [6, 6.07) is 7.84. The highest BCUT2D eigenvalue weighted by molar-refractivity contribution is 5.77. The van der Waals surface area contributed by atoms with Crippen molar-refractivity contribution in [3.05, 3.63) is 24.3 Å². The van der Waals surface area contributed by atoms with Crippen LogP contribution in [0.25, 0.3) is 0 Å². The second kappa shape index (κ2) is 7.85. The van der Waals surface area contributed by atoms with Gasteiger partial charge in [-0.3, -0.25) is 4.79 Å². The number of ether oxygens (including phenoxy) is 1. The van der Waals surface area contributed by atoms with E-state index in [0.29, 0.717) is 13.1 Å². The maximum atomic E-state index is 12.2. The van der Waals surface area contributed by atoms with Crippen LogP contribution in [0.5, 0.6) is 5.75 Å². The van der Waals surface area contributed by atoms with Crippen molar-refractivity contribution >= 4 is 17.6 Å². The third-order valence-electron chi connectivity index (χ3n) is 4.10. The number of carbonyl (C=O) groups is 2. The second-order valence-corrected chi connectivity index (χ2v) is 5.93. The van der Waals surface area contributed by atoms with Crippen molar-refractivity contribution in [1.29, 1.82) is 0 Å². The van der Waals surface area contributed by atoms with Crippen molar-refractivity contribution in [1.82, 2.24) is 4.90 Å². The van der Waals surface area contributed by atoms with Crippen LogP contribution in [0.15, 0.2) is 24.3 Å². The van der Waals surface area contributed by atoms with E-state index < -0.39 is 5.97 Å². The van der Waals surface area contributed by atoms with Crippen LogP contribution >= 0.6 is 0 Å². The molecule has 126 valence electrons. The molecule has 0 saturated carbocycles. The molecule has 1 aliphatic heterocycles. The van der Waals surface area contributed by atoms with E-state index in [1.165, 1.54) is 0 Å². The number of nitrogens with zero attached hydrogens (tertiary/aromatic N) is 2. The Labute approximate surface area is 136 Å². The topological polar surface area (TPSA) is 72.9 Å². The van der Waals surface area contributed by atoms with Crippen molar-refractivity contribution < 1.29 is 19.4 Å². The molecule has 6 heteroatoms. The Morgan fingerprint density at radius 3 is 2.43 bits per heavy atom. The third-order valence-corrected chi connectivity index (χ3v) is 4.10. The zero-order valence-corrected chi connectivity index (χ0v) is 13.7. The minimum atomic E-state index is -1.11. The molecule has 0 aromatic heterocycles. The van der Waals surface area contributed by atoms with Crippen LogP contribution in [0.4, 0.5) is 5.69 Å². The lowest BCUT2D eigenvalue weighted by atomic mass is 10.0. The number of hydrogen-bond donors (Lipinski definition) is 0. The van der Waals surface area contributed by atoms with E-state index in [4.69, 9.17) is 4.74 Å². The molecule has 0 spiro atoms. The van der Waals surface area contributed by atoms with Crippen molar-refractivity contribution in [2.24, 2.45) is 5.92 Å². The van der Waals surface area contributed by atoms with Gasteiger partial charge in [-0.05, 0) is 24.5 Å². The Kier molecular flexibility index (Phi) is 5.84. The first-order chi connectivity index (χ1) is 11.0. The summed E-state index contributed by atoms with van der Waals surface area (Å²) in [5.74, 6) is -0.459. The monoisotopic (exact) mass is 319 g/mol. The number of rotatable bonds is 6. The van der Waals surface area contributed by atoms with E-state index in [1.54, 1.807) is 18.9 Å². The van der Waals surface area contributed by atoms with Gasteiger partial charge in [0.25, 0.3) is 0 Å². The Hall–Kier alpha value is -2.24. The van der Waals surface area contributed by atoms with Gasteiger partial charge in [0, 0.05) is 38.6 Å². The molecule has 0 unspecified atom stereocenters. The van der Waals surface area contributed by atoms with Gasteiger partial charge in [0.05, 0.1) is 12.8 Å². The number of para-hydroxylation sites is 2. The summed E-state index contributed by atoms with van der Waals surface area (Å²) in [6.45, 7) is 4.50. The minimum Gasteiger partial charge on any atom is -0.550 e. The molecule has 1 aliphatic rings. The summed E-state index contributed by atoms with van der Waals surface area (Å²) in [4.78, 5) is 26.8.